The molecule has 37 heavy (non-hydrogen) atoms. The number of allylic oxidation sites excluding steroid dienone is 1. The first-order valence-electron chi connectivity index (χ1n) is 12.1. The second-order valence-corrected chi connectivity index (χ2v) is 8.43. The number of carbonyl (C=O) groups excluding carboxylic acids is 2. The molecule has 0 fully saturated rings. The normalized spacial score (nSPS) is 15.3. The first-order chi connectivity index (χ1) is 18.0. The summed E-state index contributed by atoms with van der Waals surface area (Å²) in [4.78, 5) is 28.2. The summed E-state index contributed by atoms with van der Waals surface area (Å²) in [5, 5.41) is 10.9. The lowest BCUT2D eigenvalue weighted by atomic mass is 9.95. The summed E-state index contributed by atoms with van der Waals surface area (Å²) in [7, 11) is 0. The van der Waals surface area contributed by atoms with Crippen LogP contribution in [0, 0.1) is 0 Å². The summed E-state index contributed by atoms with van der Waals surface area (Å²) >= 11 is 0. The maximum atomic E-state index is 13.4. The van der Waals surface area contributed by atoms with Crippen molar-refractivity contribution in [1.82, 2.24) is 4.90 Å². The molecule has 188 valence electrons. The molecule has 6 nitrogen and oxygen atoms in total. The number of hydrogen-bond donors (Lipinski definition) is 1. The summed E-state index contributed by atoms with van der Waals surface area (Å²) < 4.78 is 11.5. The number of aliphatic hydroxyl groups excluding tert-OH is 1. The SMILES string of the molecule is C=CCOc1ccc(C2C(C(=O)C=Cc3ccccc3)=C(O)C(=O)N2Cc2ccccc2)cc1OCC. The molecule has 0 saturated heterocycles. The largest absolute Gasteiger partial charge is 0.503 e. The first-order valence-corrected chi connectivity index (χ1v) is 12.1. The average Bonchev–Trinajstić information content (AvgIpc) is 3.17. The average molecular weight is 496 g/mol. The molecule has 1 aliphatic heterocycles. The number of benzene rings is 3. The Balaban J connectivity index is 1.76. The maximum Gasteiger partial charge on any atom is 0.290 e. The van der Waals surface area contributed by atoms with Gasteiger partial charge in [0.05, 0.1) is 18.2 Å². The van der Waals surface area contributed by atoms with Gasteiger partial charge in [-0.25, -0.2) is 0 Å². The van der Waals surface area contributed by atoms with E-state index in [-0.39, 0.29) is 12.1 Å². The van der Waals surface area contributed by atoms with Gasteiger partial charge in [-0.05, 0) is 41.8 Å². The van der Waals surface area contributed by atoms with Crippen LogP contribution in [0.4, 0.5) is 0 Å². The monoisotopic (exact) mass is 495 g/mol. The van der Waals surface area contributed by atoms with Crippen molar-refractivity contribution in [2.45, 2.75) is 19.5 Å². The third-order valence-electron chi connectivity index (χ3n) is 5.93. The van der Waals surface area contributed by atoms with Gasteiger partial charge in [-0.1, -0.05) is 85.5 Å². The van der Waals surface area contributed by atoms with Crippen molar-refractivity contribution in [3.05, 3.63) is 126 Å². The number of carbonyl (C=O) groups is 2. The van der Waals surface area contributed by atoms with Gasteiger partial charge in [-0.3, -0.25) is 9.59 Å². The van der Waals surface area contributed by atoms with E-state index in [0.717, 1.165) is 11.1 Å². The second-order valence-electron chi connectivity index (χ2n) is 8.43. The molecule has 0 bridgehead atoms. The molecule has 0 radical (unpaired) electrons. The molecule has 1 aliphatic rings. The van der Waals surface area contributed by atoms with Gasteiger partial charge in [0.1, 0.15) is 6.61 Å². The Morgan fingerprint density at radius 3 is 2.38 bits per heavy atom. The van der Waals surface area contributed by atoms with Gasteiger partial charge >= 0.3 is 0 Å². The van der Waals surface area contributed by atoms with Gasteiger partial charge in [0.15, 0.2) is 23.0 Å². The Kier molecular flexibility index (Phi) is 8.21. The number of aliphatic hydroxyl groups is 1. The Labute approximate surface area is 216 Å². The minimum absolute atomic E-state index is 0.0234. The van der Waals surface area contributed by atoms with E-state index >= 15 is 0 Å². The van der Waals surface area contributed by atoms with E-state index in [2.05, 4.69) is 6.58 Å². The number of rotatable bonds is 11. The number of hydrogen-bond acceptors (Lipinski definition) is 5. The highest BCUT2D eigenvalue weighted by Gasteiger charge is 2.43. The molecule has 1 atom stereocenters. The van der Waals surface area contributed by atoms with E-state index in [0.29, 0.717) is 30.3 Å². The fraction of sp³-hybridized carbons (Fsp3) is 0.161. The van der Waals surface area contributed by atoms with Gasteiger partial charge in [0, 0.05) is 6.54 Å². The molecule has 0 aliphatic carbocycles. The summed E-state index contributed by atoms with van der Waals surface area (Å²) in [5.74, 6) is -0.592. The van der Waals surface area contributed by atoms with Crippen LogP contribution in [-0.2, 0) is 16.1 Å². The molecule has 1 unspecified atom stereocenters. The standard InChI is InChI=1S/C31H29NO5/c1-3-19-37-26-18-16-24(20-27(26)36-4-2)29-28(25(33)17-15-22-11-7-5-8-12-22)30(34)31(35)32(29)21-23-13-9-6-10-14-23/h3,5-18,20,29,34H,1,4,19,21H2,2H3. The highest BCUT2D eigenvalue weighted by molar-refractivity contribution is 6.14. The van der Waals surface area contributed by atoms with Crippen LogP contribution >= 0.6 is 0 Å². The van der Waals surface area contributed by atoms with Gasteiger partial charge in [-0.15, -0.1) is 0 Å². The number of amides is 1. The lowest BCUT2D eigenvalue weighted by Gasteiger charge is -2.27. The lowest BCUT2D eigenvalue weighted by Crippen LogP contribution is -2.30. The van der Waals surface area contributed by atoms with Crippen LogP contribution in [0.2, 0.25) is 0 Å². The fourth-order valence-electron chi connectivity index (χ4n) is 4.25. The zero-order valence-corrected chi connectivity index (χ0v) is 20.7. The summed E-state index contributed by atoms with van der Waals surface area (Å²) in [6.07, 6.45) is 4.69. The quantitative estimate of drug-likeness (QED) is 0.268. The van der Waals surface area contributed by atoms with E-state index in [1.807, 2.05) is 67.6 Å². The molecule has 0 saturated carbocycles. The minimum Gasteiger partial charge on any atom is -0.503 e. The number of nitrogens with zero attached hydrogens (tertiary/aromatic N) is 1. The predicted molar refractivity (Wildman–Crippen MR) is 143 cm³/mol. The summed E-state index contributed by atoms with van der Waals surface area (Å²) in [6, 6.07) is 23.3. The zero-order chi connectivity index (χ0) is 26.2. The molecule has 0 spiro atoms. The van der Waals surface area contributed by atoms with Gasteiger partial charge < -0.3 is 19.5 Å². The van der Waals surface area contributed by atoms with Crippen LogP contribution in [-0.4, -0.2) is 34.9 Å². The molecular weight excluding hydrogens is 466 g/mol. The molecular formula is C31H29NO5. The molecule has 1 N–H and O–H groups in total. The summed E-state index contributed by atoms with van der Waals surface area (Å²) in [6.45, 7) is 6.46. The Hall–Kier alpha value is -4.58. The smallest absolute Gasteiger partial charge is 0.290 e. The molecule has 1 amide bonds. The number of ketones is 1. The van der Waals surface area contributed by atoms with Crippen molar-refractivity contribution in [2.75, 3.05) is 13.2 Å². The molecule has 4 rings (SSSR count). The Morgan fingerprint density at radius 1 is 1.00 bits per heavy atom. The van der Waals surface area contributed by atoms with E-state index in [4.69, 9.17) is 9.47 Å². The van der Waals surface area contributed by atoms with E-state index in [1.54, 1.807) is 30.4 Å². The van der Waals surface area contributed by atoms with Crippen LogP contribution in [0.1, 0.15) is 29.7 Å². The lowest BCUT2D eigenvalue weighted by molar-refractivity contribution is -0.130. The van der Waals surface area contributed by atoms with E-state index in [9.17, 15) is 14.7 Å². The van der Waals surface area contributed by atoms with Crippen LogP contribution in [0.3, 0.4) is 0 Å². The highest BCUT2D eigenvalue weighted by Crippen LogP contribution is 2.42. The van der Waals surface area contributed by atoms with Gasteiger partial charge in [0.25, 0.3) is 5.91 Å². The Morgan fingerprint density at radius 2 is 1.70 bits per heavy atom. The highest BCUT2D eigenvalue weighted by atomic mass is 16.5. The van der Waals surface area contributed by atoms with Crippen molar-refractivity contribution in [3.8, 4) is 11.5 Å². The van der Waals surface area contributed by atoms with Crippen molar-refractivity contribution in [2.24, 2.45) is 0 Å². The van der Waals surface area contributed by atoms with Gasteiger partial charge in [0.2, 0.25) is 0 Å². The first kappa shape index (κ1) is 25.5. The van der Waals surface area contributed by atoms with Crippen LogP contribution in [0.25, 0.3) is 6.08 Å². The van der Waals surface area contributed by atoms with E-state index < -0.39 is 23.5 Å². The van der Waals surface area contributed by atoms with Crippen molar-refractivity contribution >= 4 is 17.8 Å². The fourth-order valence-corrected chi connectivity index (χ4v) is 4.25. The topological polar surface area (TPSA) is 76.1 Å². The van der Waals surface area contributed by atoms with Crippen LogP contribution in [0.5, 0.6) is 11.5 Å². The van der Waals surface area contributed by atoms with Crippen molar-refractivity contribution in [3.63, 3.8) is 0 Å². The van der Waals surface area contributed by atoms with Crippen molar-refractivity contribution in [1.29, 1.82) is 0 Å². The third-order valence-corrected chi connectivity index (χ3v) is 5.93. The molecule has 6 heteroatoms. The maximum absolute atomic E-state index is 13.4. The summed E-state index contributed by atoms with van der Waals surface area (Å²) in [5.41, 5.74) is 2.35. The third kappa shape index (κ3) is 5.81. The van der Waals surface area contributed by atoms with E-state index in [1.165, 1.54) is 11.0 Å². The predicted octanol–water partition coefficient (Wildman–Crippen LogP) is 5.83. The molecule has 3 aromatic rings. The molecule has 0 aromatic heterocycles. The van der Waals surface area contributed by atoms with Crippen LogP contribution in [0.15, 0.2) is 109 Å². The van der Waals surface area contributed by atoms with Gasteiger partial charge in [-0.2, -0.15) is 0 Å². The van der Waals surface area contributed by atoms with Crippen molar-refractivity contribution < 1.29 is 24.2 Å². The zero-order valence-electron chi connectivity index (χ0n) is 20.7. The second kappa shape index (κ2) is 11.9. The number of ether oxygens (including phenoxy) is 2. The molecule has 1 heterocycles. The van der Waals surface area contributed by atoms with Crippen LogP contribution < -0.4 is 9.47 Å². The minimum atomic E-state index is -0.812. The Bertz CT molecular complexity index is 1330. The molecule has 3 aromatic carbocycles.